The van der Waals surface area contributed by atoms with Crippen molar-refractivity contribution in [2.24, 2.45) is 0 Å². The van der Waals surface area contributed by atoms with Gasteiger partial charge in [0.15, 0.2) is 5.16 Å². The third-order valence-electron chi connectivity index (χ3n) is 4.97. The van der Waals surface area contributed by atoms with E-state index in [9.17, 15) is 4.79 Å². The van der Waals surface area contributed by atoms with E-state index in [2.05, 4.69) is 15.2 Å². The standard InChI is InChI=1S/C20H19N5OS/c26-18(24-12-6-7-13-24)17(14-8-2-1-3-9-14)27-20-23-22-19-21-15-10-4-5-11-16(15)25(19)20/h1-5,8-11,17H,6-7,12-13H2,(H,21,22). The topological polar surface area (TPSA) is 66.3 Å². The van der Waals surface area contributed by atoms with Crippen LogP contribution in [0.1, 0.15) is 23.7 Å². The molecule has 4 aromatic rings. The largest absolute Gasteiger partial charge is 0.341 e. The number of imidazole rings is 1. The third-order valence-corrected chi connectivity index (χ3v) is 6.17. The van der Waals surface area contributed by atoms with Gasteiger partial charge in [-0.2, -0.15) is 0 Å². The van der Waals surface area contributed by atoms with E-state index in [1.807, 2.05) is 63.9 Å². The van der Waals surface area contributed by atoms with E-state index < -0.39 is 0 Å². The highest BCUT2D eigenvalue weighted by Gasteiger charge is 2.30. The highest BCUT2D eigenvalue weighted by atomic mass is 32.2. The second kappa shape index (κ2) is 6.74. The summed E-state index contributed by atoms with van der Waals surface area (Å²) in [5.41, 5.74) is 2.90. The Kier molecular flexibility index (Phi) is 4.09. The number of aromatic amines is 1. The quantitative estimate of drug-likeness (QED) is 0.551. The number of hydrogen-bond donors (Lipinski definition) is 1. The minimum absolute atomic E-state index is 0.157. The van der Waals surface area contributed by atoms with Crippen molar-refractivity contribution in [3.05, 3.63) is 60.2 Å². The normalized spacial score (nSPS) is 15.6. The van der Waals surface area contributed by atoms with Gasteiger partial charge in [0.05, 0.1) is 11.0 Å². The Morgan fingerprint density at radius 3 is 2.59 bits per heavy atom. The Hall–Kier alpha value is -2.80. The number of fused-ring (bicyclic) bond motifs is 3. The number of carbonyl (C=O) groups is 1. The lowest BCUT2D eigenvalue weighted by Gasteiger charge is -2.22. The van der Waals surface area contributed by atoms with Crippen LogP contribution in [0.5, 0.6) is 0 Å². The zero-order valence-electron chi connectivity index (χ0n) is 14.7. The van der Waals surface area contributed by atoms with Crippen molar-refractivity contribution in [2.75, 3.05) is 13.1 Å². The molecular formula is C20H19N5OS. The maximum Gasteiger partial charge on any atom is 0.240 e. The van der Waals surface area contributed by atoms with Gasteiger partial charge in [0.2, 0.25) is 11.7 Å². The molecule has 136 valence electrons. The number of hydrogen-bond acceptors (Lipinski definition) is 4. The van der Waals surface area contributed by atoms with E-state index in [0.29, 0.717) is 5.78 Å². The molecule has 1 fully saturated rings. The number of amides is 1. The van der Waals surface area contributed by atoms with Crippen molar-refractivity contribution >= 4 is 34.5 Å². The van der Waals surface area contributed by atoms with Gasteiger partial charge in [-0.3, -0.25) is 9.20 Å². The second-order valence-electron chi connectivity index (χ2n) is 6.71. The Balaban J connectivity index is 1.57. The summed E-state index contributed by atoms with van der Waals surface area (Å²) in [4.78, 5) is 19.8. The maximum absolute atomic E-state index is 13.3. The molecule has 1 unspecified atom stereocenters. The molecule has 1 N–H and O–H groups in total. The number of benzene rings is 2. The van der Waals surface area contributed by atoms with Crippen molar-refractivity contribution in [2.45, 2.75) is 23.2 Å². The van der Waals surface area contributed by atoms with Crippen LogP contribution in [0.25, 0.3) is 16.8 Å². The molecule has 0 bridgehead atoms. The molecule has 0 radical (unpaired) electrons. The Morgan fingerprint density at radius 1 is 1.04 bits per heavy atom. The number of thioether (sulfide) groups is 1. The average Bonchev–Trinajstić information content (AvgIpc) is 3.43. The number of nitrogens with one attached hydrogen (secondary N) is 1. The van der Waals surface area contributed by atoms with E-state index in [4.69, 9.17) is 0 Å². The van der Waals surface area contributed by atoms with Gasteiger partial charge in [-0.05, 0) is 30.5 Å². The molecule has 2 aromatic carbocycles. The molecule has 0 spiro atoms. The van der Waals surface area contributed by atoms with Crippen LogP contribution in [0.4, 0.5) is 0 Å². The van der Waals surface area contributed by atoms with Crippen LogP contribution in [-0.4, -0.2) is 43.5 Å². The predicted octanol–water partition coefficient (Wildman–Crippen LogP) is 3.67. The van der Waals surface area contributed by atoms with Crippen LogP contribution in [0.15, 0.2) is 59.8 Å². The van der Waals surface area contributed by atoms with Crippen LogP contribution in [0, 0.1) is 0 Å². The van der Waals surface area contributed by atoms with Gasteiger partial charge in [0, 0.05) is 13.1 Å². The molecule has 0 saturated carbocycles. The summed E-state index contributed by atoms with van der Waals surface area (Å²) in [5.74, 6) is 0.850. The van der Waals surface area contributed by atoms with E-state index in [0.717, 1.165) is 47.7 Å². The molecule has 3 heterocycles. The fourth-order valence-corrected chi connectivity index (χ4v) is 4.76. The Labute approximate surface area is 160 Å². The van der Waals surface area contributed by atoms with Crippen molar-refractivity contribution in [1.29, 1.82) is 0 Å². The highest BCUT2D eigenvalue weighted by Crippen LogP contribution is 2.37. The summed E-state index contributed by atoms with van der Waals surface area (Å²) in [6.45, 7) is 1.68. The molecule has 1 aliphatic rings. The lowest BCUT2D eigenvalue weighted by Crippen LogP contribution is -2.31. The van der Waals surface area contributed by atoms with Crippen molar-refractivity contribution in [1.82, 2.24) is 24.5 Å². The van der Waals surface area contributed by atoms with Gasteiger partial charge in [0.1, 0.15) is 5.25 Å². The fourth-order valence-electron chi connectivity index (χ4n) is 3.62. The first-order chi connectivity index (χ1) is 13.3. The van der Waals surface area contributed by atoms with E-state index in [1.165, 1.54) is 11.8 Å². The summed E-state index contributed by atoms with van der Waals surface area (Å²) < 4.78 is 1.99. The van der Waals surface area contributed by atoms with E-state index in [-0.39, 0.29) is 11.2 Å². The van der Waals surface area contributed by atoms with Crippen LogP contribution < -0.4 is 0 Å². The predicted molar refractivity (Wildman–Crippen MR) is 106 cm³/mol. The van der Waals surface area contributed by atoms with Crippen molar-refractivity contribution in [3.8, 4) is 0 Å². The number of H-pyrrole nitrogens is 1. The van der Waals surface area contributed by atoms with Crippen molar-refractivity contribution < 1.29 is 4.79 Å². The van der Waals surface area contributed by atoms with E-state index in [1.54, 1.807) is 0 Å². The molecule has 1 aliphatic heterocycles. The first-order valence-corrected chi connectivity index (χ1v) is 10.0. The zero-order chi connectivity index (χ0) is 18.2. The van der Waals surface area contributed by atoms with Gasteiger partial charge in [-0.1, -0.05) is 54.2 Å². The number of rotatable bonds is 4. The Morgan fingerprint density at radius 2 is 1.78 bits per heavy atom. The van der Waals surface area contributed by atoms with Gasteiger partial charge in [-0.15, -0.1) is 5.10 Å². The van der Waals surface area contributed by atoms with E-state index >= 15 is 0 Å². The first-order valence-electron chi connectivity index (χ1n) is 9.13. The van der Waals surface area contributed by atoms with Gasteiger partial charge < -0.3 is 4.90 Å². The van der Waals surface area contributed by atoms with Gasteiger partial charge >= 0.3 is 0 Å². The monoisotopic (exact) mass is 377 g/mol. The number of likely N-dealkylation sites (tertiary alicyclic amines) is 1. The molecule has 0 aliphatic carbocycles. The summed E-state index contributed by atoms with van der Waals surface area (Å²) in [6, 6.07) is 17.9. The minimum atomic E-state index is -0.322. The first kappa shape index (κ1) is 16.4. The highest BCUT2D eigenvalue weighted by molar-refractivity contribution is 8.00. The SMILES string of the molecule is O=C(C(Sc1n[nH]c2nc3ccccc3n12)c1ccccc1)N1CCCC1. The molecule has 7 heteroatoms. The second-order valence-corrected chi connectivity index (χ2v) is 7.78. The number of para-hydroxylation sites is 2. The summed E-state index contributed by atoms with van der Waals surface area (Å²) in [7, 11) is 0. The average molecular weight is 377 g/mol. The van der Waals surface area contributed by atoms with Crippen LogP contribution >= 0.6 is 11.8 Å². The molecule has 5 rings (SSSR count). The molecule has 6 nitrogen and oxygen atoms in total. The maximum atomic E-state index is 13.3. The molecule has 1 amide bonds. The summed E-state index contributed by atoms with van der Waals surface area (Å²) >= 11 is 1.48. The summed E-state index contributed by atoms with van der Waals surface area (Å²) in [5, 5.41) is 7.87. The number of carbonyl (C=O) groups excluding carboxylic acids is 1. The van der Waals surface area contributed by atoms with Crippen LogP contribution in [0.2, 0.25) is 0 Å². The summed E-state index contributed by atoms with van der Waals surface area (Å²) in [6.07, 6.45) is 2.16. The number of nitrogens with zero attached hydrogens (tertiary/aromatic N) is 4. The fraction of sp³-hybridized carbons (Fsp3) is 0.250. The number of aromatic nitrogens is 4. The molecule has 1 saturated heterocycles. The minimum Gasteiger partial charge on any atom is -0.341 e. The van der Waals surface area contributed by atoms with Gasteiger partial charge in [-0.25, -0.2) is 10.1 Å². The van der Waals surface area contributed by atoms with Crippen molar-refractivity contribution in [3.63, 3.8) is 0 Å². The third kappa shape index (κ3) is 2.88. The van der Waals surface area contributed by atoms with Crippen LogP contribution in [-0.2, 0) is 4.79 Å². The lowest BCUT2D eigenvalue weighted by molar-refractivity contribution is -0.129. The van der Waals surface area contributed by atoms with Gasteiger partial charge in [0.25, 0.3) is 0 Å². The lowest BCUT2D eigenvalue weighted by atomic mass is 10.1. The molecule has 1 atom stereocenters. The zero-order valence-corrected chi connectivity index (χ0v) is 15.5. The molecule has 27 heavy (non-hydrogen) atoms. The Bertz CT molecular complexity index is 1100. The van der Waals surface area contributed by atoms with Crippen LogP contribution in [0.3, 0.4) is 0 Å². The molecule has 2 aromatic heterocycles. The smallest absolute Gasteiger partial charge is 0.240 e. The molecular weight excluding hydrogens is 358 g/mol.